The van der Waals surface area contributed by atoms with Crippen molar-refractivity contribution in [2.45, 2.75) is 38.3 Å². The Morgan fingerprint density at radius 2 is 1.53 bits per heavy atom. The highest BCUT2D eigenvalue weighted by Gasteiger charge is 2.50. The molecule has 1 amide bonds. The minimum atomic E-state index is -0.613. The monoisotopic (exact) mass is 438 g/mol. The van der Waals surface area contributed by atoms with E-state index in [0.717, 1.165) is 35.5 Å². The highest BCUT2D eigenvalue weighted by Crippen LogP contribution is 2.41. The van der Waals surface area contributed by atoms with E-state index in [1.165, 1.54) is 24.3 Å². The third-order valence-corrected chi connectivity index (χ3v) is 6.34. The summed E-state index contributed by atoms with van der Waals surface area (Å²) in [6.07, 6.45) is 3.16. The average molecular weight is 439 g/mol. The number of amides is 1. The molecule has 0 bridgehead atoms. The van der Waals surface area contributed by atoms with Crippen LogP contribution in [-0.2, 0) is 4.74 Å². The first-order valence-corrected chi connectivity index (χ1v) is 10.9. The summed E-state index contributed by atoms with van der Waals surface area (Å²) in [7, 11) is 0. The van der Waals surface area contributed by atoms with Crippen LogP contribution in [0.4, 0.5) is 13.6 Å². The van der Waals surface area contributed by atoms with E-state index in [2.05, 4.69) is 17.6 Å². The lowest BCUT2D eigenvalue weighted by atomic mass is 9.88. The van der Waals surface area contributed by atoms with Crippen molar-refractivity contribution in [1.82, 2.24) is 9.80 Å². The zero-order valence-electron chi connectivity index (χ0n) is 18.5. The maximum Gasteiger partial charge on any atom is 0.415 e. The number of rotatable bonds is 5. The second-order valence-corrected chi connectivity index (χ2v) is 8.70. The topological polar surface area (TPSA) is 32.8 Å². The van der Waals surface area contributed by atoms with Gasteiger partial charge in [0.1, 0.15) is 11.6 Å². The molecule has 4 rings (SSSR count). The molecule has 2 saturated heterocycles. The standard InChI is InChI=1S/C26H28F2N2O2/c1-18(2)30-19(3)26(32-25(30)31)13-16-29(17-14-26)15-12-24(20-4-8-22(27)9-5-20)21-6-10-23(28)11-7-21/h4-12,18H,3,13-17H2,1-2H3. The number of benzene rings is 2. The molecule has 0 atom stereocenters. The van der Waals surface area contributed by atoms with Crippen molar-refractivity contribution in [3.63, 3.8) is 0 Å². The molecule has 168 valence electrons. The van der Waals surface area contributed by atoms with Crippen molar-refractivity contribution in [2.24, 2.45) is 0 Å². The molecule has 2 aliphatic rings. The summed E-state index contributed by atoms with van der Waals surface area (Å²) in [5.41, 5.74) is 2.81. The van der Waals surface area contributed by atoms with Crippen LogP contribution in [0, 0.1) is 11.6 Å². The van der Waals surface area contributed by atoms with Gasteiger partial charge in [0.25, 0.3) is 0 Å². The normalized spacial score (nSPS) is 18.3. The first-order chi connectivity index (χ1) is 15.3. The molecule has 2 aliphatic heterocycles. The highest BCUT2D eigenvalue weighted by molar-refractivity contribution is 5.80. The first-order valence-electron chi connectivity index (χ1n) is 10.9. The Morgan fingerprint density at radius 1 is 1.03 bits per heavy atom. The van der Waals surface area contributed by atoms with Crippen molar-refractivity contribution in [2.75, 3.05) is 19.6 Å². The highest BCUT2D eigenvalue weighted by atomic mass is 19.1. The number of carbonyl (C=O) groups excluding carboxylic acids is 1. The Morgan fingerprint density at radius 3 is 1.97 bits per heavy atom. The number of halogens is 2. The summed E-state index contributed by atoms with van der Waals surface area (Å²) in [6, 6.07) is 12.7. The summed E-state index contributed by atoms with van der Waals surface area (Å²) in [4.78, 5) is 16.3. The molecular weight excluding hydrogens is 410 g/mol. The average Bonchev–Trinajstić information content (AvgIpc) is 3.01. The van der Waals surface area contributed by atoms with Gasteiger partial charge in [-0.2, -0.15) is 0 Å². The van der Waals surface area contributed by atoms with Gasteiger partial charge >= 0.3 is 6.09 Å². The van der Waals surface area contributed by atoms with E-state index in [1.807, 2.05) is 13.8 Å². The molecule has 1 spiro atoms. The van der Waals surface area contributed by atoms with Crippen molar-refractivity contribution in [1.29, 1.82) is 0 Å². The molecule has 2 aromatic carbocycles. The Kier molecular flexibility index (Phi) is 6.15. The van der Waals surface area contributed by atoms with E-state index >= 15 is 0 Å². The third-order valence-electron chi connectivity index (χ3n) is 6.34. The quantitative estimate of drug-likeness (QED) is 0.609. The molecule has 0 unspecified atom stereocenters. The molecule has 2 fully saturated rings. The van der Waals surface area contributed by atoms with Crippen LogP contribution in [0.15, 0.2) is 66.9 Å². The van der Waals surface area contributed by atoms with Gasteiger partial charge in [0.2, 0.25) is 0 Å². The van der Waals surface area contributed by atoms with E-state index in [9.17, 15) is 13.6 Å². The van der Waals surface area contributed by atoms with Crippen LogP contribution in [0.2, 0.25) is 0 Å². The van der Waals surface area contributed by atoms with Crippen molar-refractivity contribution in [3.05, 3.63) is 89.6 Å². The Labute approximate surface area is 187 Å². The predicted molar refractivity (Wildman–Crippen MR) is 121 cm³/mol. The van der Waals surface area contributed by atoms with Crippen LogP contribution in [0.25, 0.3) is 5.57 Å². The van der Waals surface area contributed by atoms with E-state index in [4.69, 9.17) is 4.74 Å². The molecule has 32 heavy (non-hydrogen) atoms. The van der Waals surface area contributed by atoms with Crippen LogP contribution >= 0.6 is 0 Å². The SMILES string of the molecule is C=C1N(C(C)C)C(=O)OC12CCN(CC=C(c1ccc(F)cc1)c1ccc(F)cc1)CC2. The van der Waals surface area contributed by atoms with E-state index in [0.29, 0.717) is 19.4 Å². The lowest BCUT2D eigenvalue weighted by Gasteiger charge is -2.38. The van der Waals surface area contributed by atoms with Gasteiger partial charge in [-0.3, -0.25) is 9.80 Å². The van der Waals surface area contributed by atoms with Crippen LogP contribution < -0.4 is 0 Å². The summed E-state index contributed by atoms with van der Waals surface area (Å²) >= 11 is 0. The second kappa shape index (κ2) is 8.87. The van der Waals surface area contributed by atoms with Gasteiger partial charge < -0.3 is 4.74 Å². The molecule has 2 aromatic rings. The fourth-order valence-electron chi connectivity index (χ4n) is 4.50. The third kappa shape index (κ3) is 4.32. The predicted octanol–water partition coefficient (Wildman–Crippen LogP) is 5.61. The van der Waals surface area contributed by atoms with E-state index < -0.39 is 5.60 Å². The van der Waals surface area contributed by atoms with Crippen LogP contribution in [0.1, 0.15) is 37.8 Å². The van der Waals surface area contributed by atoms with E-state index in [-0.39, 0.29) is 23.8 Å². The summed E-state index contributed by atoms with van der Waals surface area (Å²) in [6.45, 7) is 10.3. The lowest BCUT2D eigenvalue weighted by molar-refractivity contribution is 0.0174. The smallest absolute Gasteiger partial charge is 0.415 e. The Hall–Kier alpha value is -2.99. The van der Waals surface area contributed by atoms with Crippen molar-refractivity contribution >= 4 is 11.7 Å². The number of likely N-dealkylation sites (tertiary alicyclic amines) is 1. The molecule has 0 aliphatic carbocycles. The largest absolute Gasteiger partial charge is 0.436 e. The number of carbonyl (C=O) groups is 1. The van der Waals surface area contributed by atoms with Gasteiger partial charge in [-0.25, -0.2) is 13.6 Å². The maximum absolute atomic E-state index is 13.4. The van der Waals surface area contributed by atoms with Gasteiger partial charge in [-0.15, -0.1) is 0 Å². The summed E-state index contributed by atoms with van der Waals surface area (Å²) < 4.78 is 32.7. The molecule has 0 aromatic heterocycles. The molecular formula is C26H28F2N2O2. The molecule has 4 nitrogen and oxygen atoms in total. The van der Waals surface area contributed by atoms with Crippen LogP contribution in [0.5, 0.6) is 0 Å². The van der Waals surface area contributed by atoms with Crippen molar-refractivity contribution < 1.29 is 18.3 Å². The molecule has 0 saturated carbocycles. The first kappa shape index (κ1) is 22.2. The fourth-order valence-corrected chi connectivity index (χ4v) is 4.50. The maximum atomic E-state index is 13.4. The lowest BCUT2D eigenvalue weighted by Crippen LogP contribution is -2.45. The number of ether oxygens (including phenoxy) is 1. The molecule has 0 radical (unpaired) electrons. The number of hydrogen-bond donors (Lipinski definition) is 0. The van der Waals surface area contributed by atoms with E-state index in [1.54, 1.807) is 29.2 Å². The second-order valence-electron chi connectivity index (χ2n) is 8.70. The number of piperidine rings is 1. The summed E-state index contributed by atoms with van der Waals surface area (Å²) in [5.74, 6) is -0.592. The van der Waals surface area contributed by atoms with Gasteiger partial charge in [-0.05, 0) is 54.8 Å². The zero-order chi connectivity index (χ0) is 22.9. The van der Waals surface area contributed by atoms with Crippen molar-refractivity contribution in [3.8, 4) is 0 Å². The Bertz CT molecular complexity index is 973. The molecule has 6 heteroatoms. The zero-order valence-corrected chi connectivity index (χ0v) is 18.5. The fraction of sp³-hybridized carbons (Fsp3) is 0.346. The number of nitrogens with zero attached hydrogens (tertiary/aromatic N) is 2. The van der Waals surface area contributed by atoms with Gasteiger partial charge in [-0.1, -0.05) is 36.9 Å². The molecule has 0 N–H and O–H groups in total. The minimum absolute atomic E-state index is 0.0179. The van der Waals surface area contributed by atoms with Crippen LogP contribution in [0.3, 0.4) is 0 Å². The Balaban J connectivity index is 1.49. The summed E-state index contributed by atoms with van der Waals surface area (Å²) in [5, 5.41) is 0. The number of hydrogen-bond acceptors (Lipinski definition) is 3. The van der Waals surface area contributed by atoms with Gasteiger partial charge in [0.05, 0.1) is 5.70 Å². The van der Waals surface area contributed by atoms with Gasteiger partial charge in [0.15, 0.2) is 5.60 Å². The molecule has 2 heterocycles. The van der Waals surface area contributed by atoms with Gasteiger partial charge in [0, 0.05) is 38.5 Å². The van der Waals surface area contributed by atoms with Crippen LogP contribution in [-0.4, -0.2) is 47.2 Å². The minimum Gasteiger partial charge on any atom is -0.436 e.